The molecule has 2 aliphatic rings. The Labute approximate surface area is 73.2 Å². The Bertz CT molecular complexity index is 149. The second kappa shape index (κ2) is 3.32. The van der Waals surface area contributed by atoms with Crippen LogP contribution in [0.2, 0.25) is 0 Å². The van der Waals surface area contributed by atoms with Gasteiger partial charge in [-0.05, 0) is 25.7 Å². The highest BCUT2D eigenvalue weighted by molar-refractivity contribution is 4.95. The van der Waals surface area contributed by atoms with E-state index >= 15 is 0 Å². The van der Waals surface area contributed by atoms with Gasteiger partial charge in [0.25, 0.3) is 0 Å². The molecule has 2 saturated heterocycles. The zero-order valence-electron chi connectivity index (χ0n) is 7.42. The lowest BCUT2D eigenvalue weighted by atomic mass is 9.84. The van der Waals surface area contributed by atoms with E-state index in [1.807, 2.05) is 0 Å². The molecule has 3 nitrogen and oxygen atoms in total. The molecular formula is C9H17NO2. The number of hydrogen-bond donors (Lipinski definition) is 1. The number of rotatable bonds is 1. The van der Waals surface area contributed by atoms with Gasteiger partial charge in [-0.2, -0.15) is 0 Å². The lowest BCUT2D eigenvalue weighted by molar-refractivity contribution is -0.0226. The van der Waals surface area contributed by atoms with Crippen LogP contribution < -0.4 is 5.73 Å². The van der Waals surface area contributed by atoms with Gasteiger partial charge in [0, 0.05) is 25.4 Å². The van der Waals surface area contributed by atoms with Gasteiger partial charge >= 0.3 is 0 Å². The highest BCUT2D eigenvalue weighted by atomic mass is 16.5. The molecule has 12 heavy (non-hydrogen) atoms. The van der Waals surface area contributed by atoms with E-state index in [0.717, 1.165) is 39.1 Å². The van der Waals surface area contributed by atoms with Gasteiger partial charge in [-0.1, -0.05) is 0 Å². The molecular weight excluding hydrogens is 154 g/mol. The molecule has 0 saturated carbocycles. The minimum atomic E-state index is -0.0885. The maximum Gasteiger partial charge on any atom is 0.0757 e. The molecule has 0 aromatic rings. The second-order valence-electron chi connectivity index (χ2n) is 3.85. The van der Waals surface area contributed by atoms with Crippen molar-refractivity contribution in [2.24, 2.45) is 5.73 Å². The highest BCUT2D eigenvalue weighted by Crippen LogP contribution is 2.29. The molecule has 0 spiro atoms. The van der Waals surface area contributed by atoms with Crippen molar-refractivity contribution < 1.29 is 9.47 Å². The van der Waals surface area contributed by atoms with Gasteiger partial charge in [0.1, 0.15) is 0 Å². The lowest BCUT2D eigenvalue weighted by Crippen LogP contribution is -2.54. The summed E-state index contributed by atoms with van der Waals surface area (Å²) in [6.07, 6.45) is 4.51. The Morgan fingerprint density at radius 1 is 1.17 bits per heavy atom. The van der Waals surface area contributed by atoms with E-state index < -0.39 is 0 Å². The number of ether oxygens (including phenoxy) is 2. The molecule has 0 aromatic carbocycles. The normalized spacial score (nSPS) is 35.2. The molecule has 0 bridgehead atoms. The van der Waals surface area contributed by atoms with E-state index in [0.29, 0.717) is 6.10 Å². The van der Waals surface area contributed by atoms with Crippen LogP contribution in [-0.4, -0.2) is 31.5 Å². The van der Waals surface area contributed by atoms with Crippen LogP contribution in [0.25, 0.3) is 0 Å². The standard InChI is InChI=1S/C9H17NO2/c10-9(3-6-11-7-4-9)8-2-1-5-12-8/h8H,1-7,10H2. The Morgan fingerprint density at radius 3 is 2.50 bits per heavy atom. The average Bonchev–Trinajstić information content (AvgIpc) is 2.58. The van der Waals surface area contributed by atoms with Crippen LogP contribution in [0.1, 0.15) is 25.7 Å². The average molecular weight is 171 g/mol. The Balaban J connectivity index is 1.97. The summed E-state index contributed by atoms with van der Waals surface area (Å²) in [5, 5.41) is 0. The van der Waals surface area contributed by atoms with Gasteiger partial charge in [0.2, 0.25) is 0 Å². The molecule has 70 valence electrons. The van der Waals surface area contributed by atoms with E-state index in [1.54, 1.807) is 0 Å². The molecule has 2 N–H and O–H groups in total. The first-order valence-electron chi connectivity index (χ1n) is 4.79. The molecule has 1 unspecified atom stereocenters. The van der Waals surface area contributed by atoms with Crippen molar-refractivity contribution in [1.82, 2.24) is 0 Å². The van der Waals surface area contributed by atoms with Crippen LogP contribution in [-0.2, 0) is 9.47 Å². The third-order valence-corrected chi connectivity index (χ3v) is 2.99. The minimum absolute atomic E-state index is 0.0885. The Hall–Kier alpha value is -0.120. The van der Waals surface area contributed by atoms with Crippen LogP contribution >= 0.6 is 0 Å². The zero-order valence-corrected chi connectivity index (χ0v) is 7.42. The topological polar surface area (TPSA) is 44.5 Å². The largest absolute Gasteiger partial charge is 0.381 e. The Morgan fingerprint density at radius 2 is 1.92 bits per heavy atom. The first kappa shape index (κ1) is 8.48. The lowest BCUT2D eigenvalue weighted by Gasteiger charge is -2.37. The van der Waals surface area contributed by atoms with Crippen LogP contribution in [0, 0.1) is 0 Å². The first-order chi connectivity index (χ1) is 5.81. The van der Waals surface area contributed by atoms with Gasteiger partial charge in [-0.25, -0.2) is 0 Å². The fourth-order valence-electron chi connectivity index (χ4n) is 2.10. The van der Waals surface area contributed by atoms with E-state index in [-0.39, 0.29) is 5.54 Å². The van der Waals surface area contributed by atoms with Crippen LogP contribution in [0.4, 0.5) is 0 Å². The van der Waals surface area contributed by atoms with E-state index in [2.05, 4.69) is 0 Å². The third-order valence-electron chi connectivity index (χ3n) is 2.99. The summed E-state index contributed by atoms with van der Waals surface area (Å²) in [7, 11) is 0. The molecule has 1 atom stereocenters. The molecule has 0 amide bonds. The number of hydrogen-bond acceptors (Lipinski definition) is 3. The van der Waals surface area contributed by atoms with Gasteiger partial charge in [-0.3, -0.25) is 0 Å². The monoisotopic (exact) mass is 171 g/mol. The summed E-state index contributed by atoms with van der Waals surface area (Å²) < 4.78 is 10.9. The number of nitrogens with two attached hydrogens (primary N) is 1. The first-order valence-corrected chi connectivity index (χ1v) is 4.79. The van der Waals surface area contributed by atoms with E-state index in [1.165, 1.54) is 6.42 Å². The Kier molecular flexibility index (Phi) is 2.35. The highest BCUT2D eigenvalue weighted by Gasteiger charge is 2.38. The van der Waals surface area contributed by atoms with Crippen molar-refractivity contribution in [3.63, 3.8) is 0 Å². The summed E-state index contributed by atoms with van der Waals surface area (Å²) in [4.78, 5) is 0. The van der Waals surface area contributed by atoms with Crippen LogP contribution in [0.3, 0.4) is 0 Å². The molecule has 0 radical (unpaired) electrons. The van der Waals surface area contributed by atoms with Gasteiger partial charge in [-0.15, -0.1) is 0 Å². The second-order valence-corrected chi connectivity index (χ2v) is 3.85. The summed E-state index contributed by atoms with van der Waals surface area (Å²) in [5.74, 6) is 0. The van der Waals surface area contributed by atoms with Crippen molar-refractivity contribution in [3.05, 3.63) is 0 Å². The summed E-state index contributed by atoms with van der Waals surface area (Å²) in [6.45, 7) is 2.50. The van der Waals surface area contributed by atoms with Gasteiger partial charge < -0.3 is 15.2 Å². The van der Waals surface area contributed by atoms with Gasteiger partial charge in [0.05, 0.1) is 6.10 Å². The van der Waals surface area contributed by atoms with Crippen molar-refractivity contribution in [3.8, 4) is 0 Å². The van der Waals surface area contributed by atoms with Crippen molar-refractivity contribution in [2.45, 2.75) is 37.3 Å². The van der Waals surface area contributed by atoms with Crippen molar-refractivity contribution in [1.29, 1.82) is 0 Å². The minimum Gasteiger partial charge on any atom is -0.381 e. The van der Waals surface area contributed by atoms with E-state index in [4.69, 9.17) is 15.2 Å². The molecule has 2 rings (SSSR count). The zero-order chi connectivity index (χ0) is 8.44. The van der Waals surface area contributed by atoms with Gasteiger partial charge in [0.15, 0.2) is 0 Å². The maximum atomic E-state index is 6.26. The molecule has 2 heterocycles. The van der Waals surface area contributed by atoms with E-state index in [9.17, 15) is 0 Å². The molecule has 0 aliphatic carbocycles. The fraction of sp³-hybridized carbons (Fsp3) is 1.00. The smallest absolute Gasteiger partial charge is 0.0757 e. The third kappa shape index (κ3) is 1.49. The van der Waals surface area contributed by atoms with Crippen molar-refractivity contribution >= 4 is 0 Å². The fourth-order valence-corrected chi connectivity index (χ4v) is 2.10. The molecule has 3 heteroatoms. The molecule has 0 aromatic heterocycles. The molecule has 2 fully saturated rings. The van der Waals surface area contributed by atoms with Crippen LogP contribution in [0.15, 0.2) is 0 Å². The van der Waals surface area contributed by atoms with Crippen LogP contribution in [0.5, 0.6) is 0 Å². The summed E-state index contributed by atoms with van der Waals surface area (Å²) in [5.41, 5.74) is 6.17. The summed E-state index contributed by atoms with van der Waals surface area (Å²) in [6, 6.07) is 0. The SMILES string of the molecule is NC1(C2CCCO2)CCOCC1. The van der Waals surface area contributed by atoms with Crippen molar-refractivity contribution in [2.75, 3.05) is 19.8 Å². The predicted molar refractivity (Wildman–Crippen MR) is 45.9 cm³/mol. The summed E-state index contributed by atoms with van der Waals surface area (Å²) >= 11 is 0. The molecule has 2 aliphatic heterocycles. The predicted octanol–water partition coefficient (Wildman–Crippen LogP) is 0.673. The quantitative estimate of drug-likeness (QED) is 0.630. The maximum absolute atomic E-state index is 6.26.